The van der Waals surface area contributed by atoms with Gasteiger partial charge >= 0.3 is 0 Å². The van der Waals surface area contributed by atoms with Gasteiger partial charge in [0.15, 0.2) is 5.78 Å². The van der Waals surface area contributed by atoms with Crippen LogP contribution in [0, 0.1) is 11.8 Å². The zero-order chi connectivity index (χ0) is 31.9. The predicted molar refractivity (Wildman–Crippen MR) is 183 cm³/mol. The van der Waals surface area contributed by atoms with Crippen LogP contribution >= 0.6 is 0 Å². The van der Waals surface area contributed by atoms with Gasteiger partial charge in [-0.05, 0) is 126 Å². The number of hydrogen-bond donors (Lipinski definition) is 1. The molecule has 7 nitrogen and oxygen atoms in total. The van der Waals surface area contributed by atoms with E-state index >= 15 is 0 Å². The highest BCUT2D eigenvalue weighted by Gasteiger charge is 2.34. The highest BCUT2D eigenvalue weighted by molar-refractivity contribution is 5.94. The maximum absolute atomic E-state index is 14.1. The summed E-state index contributed by atoms with van der Waals surface area (Å²) in [4.78, 5) is 35.6. The Balaban J connectivity index is 1.65. The first kappa shape index (κ1) is 33.7. The summed E-state index contributed by atoms with van der Waals surface area (Å²) in [7, 11) is 0. The van der Waals surface area contributed by atoms with Gasteiger partial charge in [-0.25, -0.2) is 4.98 Å². The van der Waals surface area contributed by atoms with E-state index in [2.05, 4.69) is 79.4 Å². The van der Waals surface area contributed by atoms with Crippen molar-refractivity contribution in [1.29, 1.82) is 0 Å². The van der Waals surface area contributed by atoms with Gasteiger partial charge in [0.25, 0.3) is 0 Å². The van der Waals surface area contributed by atoms with Crippen LogP contribution in [0.4, 0.5) is 11.6 Å². The van der Waals surface area contributed by atoms with Gasteiger partial charge in [-0.15, -0.1) is 0 Å². The molecule has 0 aliphatic carbocycles. The lowest BCUT2D eigenvalue weighted by Crippen LogP contribution is -2.45. The number of likely N-dealkylation sites (tertiary alicyclic amines) is 1. The fourth-order valence-electron chi connectivity index (χ4n) is 6.05. The normalized spacial score (nSPS) is 14.5. The molecule has 1 aliphatic rings. The van der Waals surface area contributed by atoms with E-state index in [-0.39, 0.29) is 11.7 Å². The molecule has 240 valence electrons. The van der Waals surface area contributed by atoms with Gasteiger partial charge in [0.1, 0.15) is 0 Å². The van der Waals surface area contributed by atoms with Crippen molar-refractivity contribution in [3.05, 3.63) is 53.6 Å². The zero-order valence-corrected chi connectivity index (χ0v) is 28.3. The summed E-state index contributed by atoms with van der Waals surface area (Å²) in [6, 6.07) is 13.9. The largest absolute Gasteiger partial charge is 0.342 e. The van der Waals surface area contributed by atoms with Crippen molar-refractivity contribution in [3.8, 4) is 0 Å². The maximum Gasteiger partial charge on any atom is 0.232 e. The van der Waals surface area contributed by atoms with E-state index in [9.17, 15) is 9.59 Å². The molecule has 0 bridgehead atoms. The summed E-state index contributed by atoms with van der Waals surface area (Å²) < 4.78 is 2.28. The first-order chi connectivity index (χ1) is 21.0. The average molecular weight is 602 g/mol. The van der Waals surface area contributed by atoms with Crippen molar-refractivity contribution in [2.45, 2.75) is 99.0 Å². The molecule has 4 rings (SSSR count). The van der Waals surface area contributed by atoms with Gasteiger partial charge in [-0.2, -0.15) is 0 Å². The van der Waals surface area contributed by atoms with Gasteiger partial charge in [-0.1, -0.05) is 40.2 Å². The van der Waals surface area contributed by atoms with Crippen molar-refractivity contribution >= 4 is 34.4 Å². The molecule has 2 heterocycles. The minimum absolute atomic E-state index is 0.0539. The van der Waals surface area contributed by atoms with Gasteiger partial charge in [0.05, 0.1) is 16.4 Å². The Labute approximate surface area is 265 Å². The maximum atomic E-state index is 14.1. The van der Waals surface area contributed by atoms with E-state index in [0.717, 1.165) is 73.7 Å². The summed E-state index contributed by atoms with van der Waals surface area (Å²) >= 11 is 0. The van der Waals surface area contributed by atoms with Crippen molar-refractivity contribution < 1.29 is 9.59 Å². The molecule has 1 aromatic heterocycles. The summed E-state index contributed by atoms with van der Waals surface area (Å²) in [5, 5.41) is 3.52. The first-order valence-corrected chi connectivity index (χ1v) is 16.9. The molecule has 0 atom stereocenters. The summed E-state index contributed by atoms with van der Waals surface area (Å²) in [5.41, 5.74) is 3.89. The highest BCUT2D eigenvalue weighted by Crippen LogP contribution is 2.32. The molecule has 0 unspecified atom stereocenters. The molecule has 44 heavy (non-hydrogen) atoms. The highest BCUT2D eigenvalue weighted by atomic mass is 16.2. The topological polar surface area (TPSA) is 70.5 Å². The molecular formula is C37H55N5O2. The third-order valence-corrected chi connectivity index (χ3v) is 9.10. The number of anilines is 2. The molecular weight excluding hydrogens is 546 g/mol. The fraction of sp³-hybridized carbons (Fsp3) is 0.595. The number of nitrogens with zero attached hydrogens (tertiary/aromatic N) is 4. The van der Waals surface area contributed by atoms with Crippen LogP contribution in [0.3, 0.4) is 0 Å². The number of carbonyl (C=O) groups excluding carboxylic acids is 2. The Bertz CT molecular complexity index is 1370. The Morgan fingerprint density at radius 2 is 1.55 bits per heavy atom. The zero-order valence-electron chi connectivity index (χ0n) is 28.3. The van der Waals surface area contributed by atoms with Gasteiger partial charge in [0, 0.05) is 30.9 Å². The predicted octanol–water partition coefficient (Wildman–Crippen LogP) is 8.06. The molecule has 1 saturated heterocycles. The number of carbonyl (C=O) groups is 2. The lowest BCUT2D eigenvalue weighted by atomic mass is 9.82. The lowest BCUT2D eigenvalue weighted by Gasteiger charge is -2.33. The summed E-state index contributed by atoms with van der Waals surface area (Å²) in [5.74, 6) is 2.13. The van der Waals surface area contributed by atoms with Crippen molar-refractivity contribution in [3.63, 3.8) is 0 Å². The van der Waals surface area contributed by atoms with E-state index < -0.39 is 5.41 Å². The molecule has 7 heteroatoms. The Kier molecular flexibility index (Phi) is 11.6. The minimum atomic E-state index is -0.666. The van der Waals surface area contributed by atoms with Crippen LogP contribution < -0.4 is 5.32 Å². The monoisotopic (exact) mass is 601 g/mol. The van der Waals surface area contributed by atoms with Crippen molar-refractivity contribution in [2.75, 3.05) is 38.0 Å². The number of amides is 1. The van der Waals surface area contributed by atoms with Crippen LogP contribution in [-0.4, -0.2) is 63.8 Å². The lowest BCUT2D eigenvalue weighted by molar-refractivity contribution is -0.136. The molecule has 1 fully saturated rings. The van der Waals surface area contributed by atoms with E-state index in [1.807, 2.05) is 24.3 Å². The number of aromatic nitrogens is 2. The van der Waals surface area contributed by atoms with Crippen LogP contribution in [0.25, 0.3) is 11.0 Å². The van der Waals surface area contributed by atoms with Gasteiger partial charge < -0.3 is 19.7 Å². The molecule has 0 spiro atoms. The van der Waals surface area contributed by atoms with E-state index in [1.54, 1.807) is 6.92 Å². The van der Waals surface area contributed by atoms with Gasteiger partial charge in [-0.3, -0.25) is 9.59 Å². The number of fused-ring (bicyclic) bond motifs is 1. The number of nitrogens with one attached hydrogen (secondary N) is 1. The van der Waals surface area contributed by atoms with Crippen LogP contribution in [0.2, 0.25) is 0 Å². The number of imidazole rings is 1. The Morgan fingerprint density at radius 1 is 0.909 bits per heavy atom. The smallest absolute Gasteiger partial charge is 0.232 e. The van der Waals surface area contributed by atoms with Crippen molar-refractivity contribution in [1.82, 2.24) is 19.4 Å². The van der Waals surface area contributed by atoms with Gasteiger partial charge in [0.2, 0.25) is 11.9 Å². The second-order valence-electron chi connectivity index (χ2n) is 14.1. The SMILES string of the molecule is CC(=O)c1ccc(Nc2nc3ccc(C(C)(C)C(=O)N(CCC(C)C)CCC(C)C)cc3n2CCCN2CCCCC2)cc1. The van der Waals surface area contributed by atoms with Crippen molar-refractivity contribution in [2.24, 2.45) is 11.8 Å². The molecule has 0 radical (unpaired) electrons. The number of benzene rings is 2. The molecule has 1 aliphatic heterocycles. The molecule has 1 amide bonds. The second kappa shape index (κ2) is 15.2. The van der Waals surface area contributed by atoms with Crippen LogP contribution in [0.15, 0.2) is 42.5 Å². The first-order valence-electron chi connectivity index (χ1n) is 16.9. The second-order valence-corrected chi connectivity index (χ2v) is 14.1. The number of Topliss-reactive ketones (excluding diaryl/α,β-unsaturated/α-hetero) is 1. The van der Waals surface area contributed by atoms with E-state index in [1.165, 1.54) is 32.4 Å². The molecule has 2 aromatic carbocycles. The Hall–Kier alpha value is -3.19. The molecule has 1 N–H and O–H groups in total. The summed E-state index contributed by atoms with van der Waals surface area (Å²) in [6.07, 6.45) is 6.94. The standard InChI is InChI=1S/C37H55N5O2/c1-27(2)18-24-41(25-19-28(3)4)35(44)37(6,7)31-14-17-33-34(26-31)42(23-11-22-40-20-9-8-10-21-40)36(39-33)38-32-15-12-30(13-16-32)29(5)43/h12-17,26-28H,8-11,18-25H2,1-7H3,(H,38,39). The third kappa shape index (κ3) is 8.71. The third-order valence-electron chi connectivity index (χ3n) is 9.10. The average Bonchev–Trinajstić information content (AvgIpc) is 3.33. The molecule has 3 aromatic rings. The van der Waals surface area contributed by atoms with Crippen LogP contribution in [0.5, 0.6) is 0 Å². The van der Waals surface area contributed by atoms with E-state index in [4.69, 9.17) is 4.98 Å². The quantitative estimate of drug-likeness (QED) is 0.179. The number of rotatable bonds is 15. The minimum Gasteiger partial charge on any atom is -0.342 e. The number of ketones is 1. The van der Waals surface area contributed by atoms with Crippen LogP contribution in [0.1, 0.15) is 103 Å². The molecule has 0 saturated carbocycles. The number of aryl methyl sites for hydroxylation is 1. The Morgan fingerprint density at radius 3 is 2.14 bits per heavy atom. The van der Waals surface area contributed by atoms with E-state index in [0.29, 0.717) is 17.4 Å². The van der Waals surface area contributed by atoms with Crippen LogP contribution in [-0.2, 0) is 16.8 Å². The fourth-order valence-corrected chi connectivity index (χ4v) is 6.05. The number of hydrogen-bond acceptors (Lipinski definition) is 5. The summed E-state index contributed by atoms with van der Waals surface area (Å²) in [6.45, 7) is 20.5. The number of piperidine rings is 1.